The van der Waals surface area contributed by atoms with Crippen molar-refractivity contribution < 1.29 is 23.7 Å². The van der Waals surface area contributed by atoms with Crippen molar-refractivity contribution in [1.29, 1.82) is 0 Å². The van der Waals surface area contributed by atoms with Crippen LogP contribution in [0.5, 0.6) is 23.0 Å². The lowest BCUT2D eigenvalue weighted by Crippen LogP contribution is -2.29. The largest absolute Gasteiger partial charge is 0.497 e. The van der Waals surface area contributed by atoms with Crippen LogP contribution < -0.4 is 24.3 Å². The van der Waals surface area contributed by atoms with Crippen LogP contribution >= 0.6 is 11.3 Å². The summed E-state index contributed by atoms with van der Waals surface area (Å²) in [6, 6.07) is 31.4. The number of benzene rings is 4. The number of thiazole rings is 1. The highest BCUT2D eigenvalue weighted by Gasteiger charge is 2.21. The first kappa shape index (κ1) is 29.2. The second-order valence-electron chi connectivity index (χ2n) is 10.4. The molecule has 6 rings (SSSR count). The van der Waals surface area contributed by atoms with Gasteiger partial charge in [-0.15, -0.1) is 11.3 Å². The Morgan fingerprint density at radius 1 is 0.864 bits per heavy atom. The molecule has 0 spiro atoms. The molecule has 0 bridgehead atoms. The SMILES string of the molecule is COc1ccc(CN(Cc2ccc3c(c2)OCO3)Cc2nc(C(=O)NC(c3ccccc3)c3ccccc3)cs2)c(OC)c1. The van der Waals surface area contributed by atoms with Crippen LogP contribution in [0, 0.1) is 0 Å². The minimum Gasteiger partial charge on any atom is -0.497 e. The fourth-order valence-corrected chi connectivity index (χ4v) is 6.04. The van der Waals surface area contributed by atoms with Crippen molar-refractivity contribution in [2.45, 2.75) is 25.7 Å². The van der Waals surface area contributed by atoms with Gasteiger partial charge in [-0.05, 0) is 34.9 Å². The summed E-state index contributed by atoms with van der Waals surface area (Å²) in [6.45, 7) is 1.97. The number of aromatic nitrogens is 1. The summed E-state index contributed by atoms with van der Waals surface area (Å²) in [6.07, 6.45) is 0. The molecular formula is C35H33N3O5S. The van der Waals surface area contributed by atoms with E-state index in [0.717, 1.165) is 50.3 Å². The Morgan fingerprint density at radius 2 is 1.59 bits per heavy atom. The molecule has 8 nitrogen and oxygen atoms in total. The van der Waals surface area contributed by atoms with E-state index in [2.05, 4.69) is 10.2 Å². The molecule has 1 aromatic heterocycles. The number of amides is 1. The van der Waals surface area contributed by atoms with Crippen molar-refractivity contribution in [2.24, 2.45) is 0 Å². The molecule has 1 N–H and O–H groups in total. The van der Waals surface area contributed by atoms with Crippen molar-refractivity contribution in [3.63, 3.8) is 0 Å². The molecule has 44 heavy (non-hydrogen) atoms. The van der Waals surface area contributed by atoms with E-state index in [1.807, 2.05) is 102 Å². The van der Waals surface area contributed by atoms with E-state index in [0.29, 0.717) is 25.3 Å². The van der Waals surface area contributed by atoms with Gasteiger partial charge in [0.1, 0.15) is 22.2 Å². The van der Waals surface area contributed by atoms with Gasteiger partial charge in [0.2, 0.25) is 6.79 Å². The molecule has 4 aromatic carbocycles. The Labute approximate surface area is 260 Å². The van der Waals surface area contributed by atoms with E-state index < -0.39 is 0 Å². The zero-order valence-electron chi connectivity index (χ0n) is 24.6. The van der Waals surface area contributed by atoms with Crippen LogP contribution in [0.2, 0.25) is 0 Å². The summed E-state index contributed by atoms with van der Waals surface area (Å²) in [5, 5.41) is 5.86. The fourth-order valence-electron chi connectivity index (χ4n) is 5.22. The molecule has 9 heteroatoms. The van der Waals surface area contributed by atoms with Crippen molar-refractivity contribution in [3.05, 3.63) is 135 Å². The minimum absolute atomic E-state index is 0.218. The number of hydrogen-bond donors (Lipinski definition) is 1. The van der Waals surface area contributed by atoms with Gasteiger partial charge in [-0.25, -0.2) is 4.98 Å². The fraction of sp³-hybridized carbons (Fsp3) is 0.200. The standard InChI is InChI=1S/C35H33N3O5S/c1-40-28-15-14-27(31(18-28)41-2)20-38(19-24-13-16-30-32(17-24)43-23-42-30)21-33-36-29(22-44-33)35(39)37-34(25-9-5-3-6-10-25)26-11-7-4-8-12-26/h3-18,22,34H,19-21,23H2,1-2H3,(H,37,39). The van der Waals surface area contributed by atoms with Crippen LogP contribution in [0.4, 0.5) is 0 Å². The van der Waals surface area contributed by atoms with E-state index in [4.69, 9.17) is 23.9 Å². The molecular weight excluding hydrogens is 574 g/mol. The maximum atomic E-state index is 13.5. The minimum atomic E-state index is -0.292. The summed E-state index contributed by atoms with van der Waals surface area (Å²) < 4.78 is 22.2. The smallest absolute Gasteiger partial charge is 0.271 e. The number of carbonyl (C=O) groups is 1. The van der Waals surface area contributed by atoms with Gasteiger partial charge in [-0.1, -0.05) is 72.8 Å². The lowest BCUT2D eigenvalue weighted by Gasteiger charge is -2.23. The molecule has 0 saturated heterocycles. The predicted molar refractivity (Wildman–Crippen MR) is 169 cm³/mol. The Bertz CT molecular complexity index is 1670. The highest BCUT2D eigenvalue weighted by molar-refractivity contribution is 7.09. The first-order valence-corrected chi connectivity index (χ1v) is 15.1. The number of rotatable bonds is 12. The zero-order chi connectivity index (χ0) is 30.3. The van der Waals surface area contributed by atoms with Crippen LogP contribution in [-0.4, -0.2) is 36.8 Å². The lowest BCUT2D eigenvalue weighted by atomic mass is 9.98. The second-order valence-corrected chi connectivity index (χ2v) is 11.3. The molecule has 5 aromatic rings. The molecule has 224 valence electrons. The molecule has 0 radical (unpaired) electrons. The van der Waals surface area contributed by atoms with Crippen LogP contribution in [0.15, 0.2) is 102 Å². The molecule has 0 saturated carbocycles. The highest BCUT2D eigenvalue weighted by atomic mass is 32.1. The summed E-state index contributed by atoms with van der Waals surface area (Å²) in [5.74, 6) is 2.74. The van der Waals surface area contributed by atoms with Crippen LogP contribution in [-0.2, 0) is 19.6 Å². The third kappa shape index (κ3) is 6.85. The van der Waals surface area contributed by atoms with E-state index in [1.54, 1.807) is 14.2 Å². The maximum absolute atomic E-state index is 13.5. The van der Waals surface area contributed by atoms with E-state index >= 15 is 0 Å². The number of nitrogens with one attached hydrogen (secondary N) is 1. The Morgan fingerprint density at radius 3 is 2.30 bits per heavy atom. The van der Waals surface area contributed by atoms with Gasteiger partial charge < -0.3 is 24.3 Å². The van der Waals surface area contributed by atoms with Crippen molar-refractivity contribution >= 4 is 17.2 Å². The summed E-state index contributed by atoms with van der Waals surface area (Å²) in [7, 11) is 3.29. The number of nitrogens with zero attached hydrogens (tertiary/aromatic N) is 2. The number of carbonyl (C=O) groups excluding carboxylic acids is 1. The van der Waals surface area contributed by atoms with Crippen molar-refractivity contribution in [2.75, 3.05) is 21.0 Å². The first-order chi connectivity index (χ1) is 21.6. The molecule has 1 aliphatic heterocycles. The second kappa shape index (κ2) is 13.6. The third-order valence-electron chi connectivity index (χ3n) is 7.42. The topological polar surface area (TPSA) is 82.2 Å². The number of hydrogen-bond acceptors (Lipinski definition) is 8. The maximum Gasteiger partial charge on any atom is 0.271 e. The first-order valence-electron chi connectivity index (χ1n) is 14.3. The normalized spacial score (nSPS) is 12.0. The molecule has 1 aliphatic rings. The summed E-state index contributed by atoms with van der Waals surface area (Å²) >= 11 is 1.47. The molecule has 2 heterocycles. The van der Waals surface area contributed by atoms with Crippen molar-refractivity contribution in [1.82, 2.24) is 15.2 Å². The number of ether oxygens (including phenoxy) is 4. The molecule has 0 aliphatic carbocycles. The highest BCUT2D eigenvalue weighted by Crippen LogP contribution is 2.34. The molecule has 0 atom stereocenters. The quantitative estimate of drug-likeness (QED) is 0.171. The van der Waals surface area contributed by atoms with Gasteiger partial charge in [0, 0.05) is 30.1 Å². The van der Waals surface area contributed by atoms with Crippen LogP contribution in [0.3, 0.4) is 0 Å². The molecule has 1 amide bonds. The van der Waals surface area contributed by atoms with Crippen molar-refractivity contribution in [3.8, 4) is 23.0 Å². The van der Waals surface area contributed by atoms with Gasteiger partial charge in [-0.3, -0.25) is 9.69 Å². The Hall–Kier alpha value is -4.86. The monoisotopic (exact) mass is 607 g/mol. The van der Waals surface area contributed by atoms with Gasteiger partial charge in [0.15, 0.2) is 11.5 Å². The zero-order valence-corrected chi connectivity index (χ0v) is 25.4. The molecule has 0 unspecified atom stereocenters. The lowest BCUT2D eigenvalue weighted by molar-refractivity contribution is 0.0938. The average molecular weight is 608 g/mol. The summed E-state index contributed by atoms with van der Waals surface area (Å²) in [5.41, 5.74) is 4.49. The third-order valence-corrected chi connectivity index (χ3v) is 8.25. The Balaban J connectivity index is 1.22. The van der Waals surface area contributed by atoms with Gasteiger partial charge in [0.05, 0.1) is 26.8 Å². The predicted octanol–water partition coefficient (Wildman–Crippen LogP) is 6.61. The van der Waals surface area contributed by atoms with E-state index in [9.17, 15) is 4.79 Å². The Kier molecular flexibility index (Phi) is 9.05. The molecule has 0 fully saturated rings. The van der Waals surface area contributed by atoms with Crippen LogP contribution in [0.1, 0.15) is 43.8 Å². The van der Waals surface area contributed by atoms with E-state index in [-0.39, 0.29) is 18.7 Å². The van der Waals surface area contributed by atoms with Gasteiger partial charge >= 0.3 is 0 Å². The van der Waals surface area contributed by atoms with Gasteiger partial charge in [0.25, 0.3) is 5.91 Å². The van der Waals surface area contributed by atoms with E-state index in [1.165, 1.54) is 11.3 Å². The van der Waals surface area contributed by atoms with Gasteiger partial charge in [-0.2, -0.15) is 0 Å². The number of fused-ring (bicyclic) bond motifs is 1. The average Bonchev–Trinajstić information content (AvgIpc) is 3.74. The number of methoxy groups -OCH3 is 2. The summed E-state index contributed by atoms with van der Waals surface area (Å²) in [4.78, 5) is 20.5. The van der Waals surface area contributed by atoms with Crippen LogP contribution in [0.25, 0.3) is 0 Å².